The quantitative estimate of drug-likeness (QED) is 0.855. The van der Waals surface area contributed by atoms with Crippen LogP contribution in [0, 0.1) is 0 Å². The third-order valence-electron chi connectivity index (χ3n) is 3.71. The normalized spacial score (nSPS) is 20.4. The molecule has 2 rings (SSSR count). The van der Waals surface area contributed by atoms with Gasteiger partial charge in [-0.2, -0.15) is 0 Å². The molecule has 0 radical (unpaired) electrons. The van der Waals surface area contributed by atoms with Crippen LogP contribution in [0.3, 0.4) is 0 Å². The average Bonchev–Trinajstić information content (AvgIpc) is 2.47. The van der Waals surface area contributed by atoms with E-state index in [2.05, 4.69) is 32.5 Å². The van der Waals surface area contributed by atoms with Crippen molar-refractivity contribution in [3.05, 3.63) is 22.7 Å². The molecule has 1 atom stereocenters. The third-order valence-corrected chi connectivity index (χ3v) is 5.85. The number of sulfonamides is 1. The topological polar surface area (TPSA) is 58.6 Å². The van der Waals surface area contributed by atoms with Gasteiger partial charge in [0.1, 0.15) is 5.75 Å². The number of halogens is 1. The highest BCUT2D eigenvalue weighted by molar-refractivity contribution is 9.10. The number of hydrogen-bond donors (Lipinski definition) is 1. The Morgan fingerprint density at radius 2 is 2.24 bits per heavy atom. The summed E-state index contributed by atoms with van der Waals surface area (Å²) < 4.78 is 33.5. The minimum atomic E-state index is -3.50. The van der Waals surface area contributed by atoms with Crippen LogP contribution in [0.5, 0.6) is 5.75 Å². The summed E-state index contributed by atoms with van der Waals surface area (Å²) in [5, 5.41) is 0. The van der Waals surface area contributed by atoms with Gasteiger partial charge in [0.05, 0.1) is 16.5 Å². The van der Waals surface area contributed by atoms with Gasteiger partial charge in [-0.3, -0.25) is 0 Å². The molecule has 21 heavy (non-hydrogen) atoms. The zero-order valence-corrected chi connectivity index (χ0v) is 14.7. The van der Waals surface area contributed by atoms with Gasteiger partial charge in [-0.25, -0.2) is 13.1 Å². The summed E-state index contributed by atoms with van der Waals surface area (Å²) in [6.07, 6.45) is 1.90. The first kappa shape index (κ1) is 16.7. The van der Waals surface area contributed by atoms with E-state index in [-0.39, 0.29) is 10.9 Å². The minimum Gasteiger partial charge on any atom is -0.496 e. The Hall–Kier alpha value is -0.630. The van der Waals surface area contributed by atoms with Gasteiger partial charge in [0.25, 0.3) is 0 Å². The summed E-state index contributed by atoms with van der Waals surface area (Å²) in [6.45, 7) is 4.86. The van der Waals surface area contributed by atoms with Crippen LogP contribution in [0.1, 0.15) is 19.8 Å². The molecule has 1 aromatic carbocycles. The van der Waals surface area contributed by atoms with Gasteiger partial charge < -0.3 is 9.64 Å². The fourth-order valence-corrected chi connectivity index (χ4v) is 4.52. The zero-order valence-electron chi connectivity index (χ0n) is 12.3. The highest BCUT2D eigenvalue weighted by Gasteiger charge is 2.25. The van der Waals surface area contributed by atoms with E-state index in [0.717, 1.165) is 32.5 Å². The molecule has 0 saturated carbocycles. The molecule has 7 heteroatoms. The number of nitrogens with one attached hydrogen (secondary N) is 1. The van der Waals surface area contributed by atoms with Crippen LogP contribution in [-0.4, -0.2) is 46.1 Å². The van der Waals surface area contributed by atoms with Crippen LogP contribution in [0.15, 0.2) is 27.6 Å². The molecule has 0 bridgehead atoms. The molecule has 0 amide bonds. The summed E-state index contributed by atoms with van der Waals surface area (Å²) in [5.74, 6) is 0.615. The second-order valence-corrected chi connectivity index (χ2v) is 7.72. The lowest BCUT2D eigenvalue weighted by molar-refractivity contribution is 0.211. The van der Waals surface area contributed by atoms with E-state index in [1.807, 2.05) is 0 Å². The van der Waals surface area contributed by atoms with Gasteiger partial charge in [0, 0.05) is 12.6 Å². The van der Waals surface area contributed by atoms with E-state index in [1.54, 1.807) is 25.3 Å². The average molecular weight is 377 g/mol. The lowest BCUT2D eigenvalue weighted by Crippen LogP contribution is -2.47. The Morgan fingerprint density at radius 3 is 2.86 bits per heavy atom. The van der Waals surface area contributed by atoms with Gasteiger partial charge in [-0.05, 0) is 60.1 Å². The lowest BCUT2D eigenvalue weighted by Gasteiger charge is -2.32. The number of likely N-dealkylation sites (tertiary alicyclic amines) is 1. The summed E-state index contributed by atoms with van der Waals surface area (Å²) >= 11 is 3.32. The van der Waals surface area contributed by atoms with Gasteiger partial charge in [0.15, 0.2) is 0 Å². The molecule has 118 valence electrons. The van der Waals surface area contributed by atoms with Crippen molar-refractivity contribution in [3.63, 3.8) is 0 Å². The molecular weight excluding hydrogens is 356 g/mol. The molecule has 0 aliphatic carbocycles. The molecule has 0 aromatic heterocycles. The van der Waals surface area contributed by atoms with E-state index >= 15 is 0 Å². The van der Waals surface area contributed by atoms with E-state index in [1.165, 1.54) is 0 Å². The van der Waals surface area contributed by atoms with Crippen LogP contribution in [0.2, 0.25) is 0 Å². The standard InChI is InChI=1S/C14H21BrN2O3S/c1-3-17-8-4-5-11(10-17)16-21(18,19)12-6-7-14(20-2)13(15)9-12/h6-7,9,11,16H,3-5,8,10H2,1-2H3. The molecule has 1 saturated heterocycles. The van der Waals surface area contributed by atoms with Crippen LogP contribution in [-0.2, 0) is 10.0 Å². The predicted molar refractivity (Wildman–Crippen MR) is 86.2 cm³/mol. The summed E-state index contributed by atoms with van der Waals surface area (Å²) in [7, 11) is -1.95. The maximum Gasteiger partial charge on any atom is 0.240 e. The molecule has 1 fully saturated rings. The Labute approximate surface area is 134 Å². The van der Waals surface area contributed by atoms with Crippen LogP contribution in [0.4, 0.5) is 0 Å². The van der Waals surface area contributed by atoms with Crippen molar-refractivity contribution >= 4 is 26.0 Å². The smallest absolute Gasteiger partial charge is 0.240 e. The molecule has 1 aromatic rings. The Bertz CT molecular complexity index is 592. The van der Waals surface area contributed by atoms with Crippen molar-refractivity contribution in [2.75, 3.05) is 26.7 Å². The number of nitrogens with zero attached hydrogens (tertiary/aromatic N) is 1. The first-order valence-electron chi connectivity index (χ1n) is 7.04. The fraction of sp³-hybridized carbons (Fsp3) is 0.571. The molecule has 0 spiro atoms. The first-order valence-corrected chi connectivity index (χ1v) is 9.32. The Kier molecular flexibility index (Phi) is 5.65. The first-order chi connectivity index (χ1) is 9.96. The van der Waals surface area contributed by atoms with Crippen molar-refractivity contribution in [3.8, 4) is 5.75 Å². The number of likely N-dealkylation sites (N-methyl/N-ethyl adjacent to an activating group) is 1. The van der Waals surface area contributed by atoms with Crippen molar-refractivity contribution in [2.24, 2.45) is 0 Å². The van der Waals surface area contributed by atoms with Gasteiger partial charge >= 0.3 is 0 Å². The number of ether oxygens (including phenoxy) is 1. The summed E-state index contributed by atoms with van der Waals surface area (Å²) in [6, 6.07) is 4.76. The second kappa shape index (κ2) is 7.09. The van der Waals surface area contributed by atoms with Crippen molar-refractivity contribution in [1.82, 2.24) is 9.62 Å². The van der Waals surface area contributed by atoms with Crippen LogP contribution in [0.25, 0.3) is 0 Å². The highest BCUT2D eigenvalue weighted by Crippen LogP contribution is 2.27. The molecule has 1 N–H and O–H groups in total. The van der Waals surface area contributed by atoms with E-state index in [9.17, 15) is 8.42 Å². The maximum atomic E-state index is 12.5. The van der Waals surface area contributed by atoms with E-state index in [4.69, 9.17) is 4.74 Å². The van der Waals surface area contributed by atoms with Gasteiger partial charge in [-0.15, -0.1) is 0 Å². The van der Waals surface area contributed by atoms with Crippen molar-refractivity contribution in [1.29, 1.82) is 0 Å². The number of benzene rings is 1. The molecular formula is C14H21BrN2O3S. The van der Waals surface area contributed by atoms with E-state index < -0.39 is 10.0 Å². The number of hydrogen-bond acceptors (Lipinski definition) is 4. The van der Waals surface area contributed by atoms with Gasteiger partial charge in [-0.1, -0.05) is 6.92 Å². The maximum absolute atomic E-state index is 12.5. The lowest BCUT2D eigenvalue weighted by atomic mass is 10.1. The molecule has 1 unspecified atom stereocenters. The molecule has 1 aliphatic heterocycles. The summed E-state index contributed by atoms with van der Waals surface area (Å²) in [5.41, 5.74) is 0. The van der Waals surface area contributed by atoms with Gasteiger partial charge in [0.2, 0.25) is 10.0 Å². The van der Waals surface area contributed by atoms with Crippen LogP contribution >= 0.6 is 15.9 Å². The zero-order chi connectivity index (χ0) is 15.5. The minimum absolute atomic E-state index is 0.0235. The van der Waals surface area contributed by atoms with Crippen molar-refractivity contribution < 1.29 is 13.2 Å². The number of methoxy groups -OCH3 is 1. The molecule has 1 aliphatic rings. The monoisotopic (exact) mass is 376 g/mol. The fourth-order valence-electron chi connectivity index (χ4n) is 2.54. The largest absolute Gasteiger partial charge is 0.496 e. The highest BCUT2D eigenvalue weighted by atomic mass is 79.9. The number of piperidine rings is 1. The molecule has 5 nitrogen and oxygen atoms in total. The predicted octanol–water partition coefficient (Wildman–Crippen LogP) is 2.22. The third kappa shape index (κ3) is 4.18. The second-order valence-electron chi connectivity index (χ2n) is 5.15. The molecule has 1 heterocycles. The van der Waals surface area contributed by atoms with Crippen molar-refractivity contribution in [2.45, 2.75) is 30.7 Å². The Balaban J connectivity index is 2.13. The van der Waals surface area contributed by atoms with E-state index in [0.29, 0.717) is 10.2 Å². The summed E-state index contributed by atoms with van der Waals surface area (Å²) in [4.78, 5) is 2.52. The Morgan fingerprint density at radius 1 is 1.48 bits per heavy atom. The SMILES string of the molecule is CCN1CCCC(NS(=O)(=O)c2ccc(OC)c(Br)c2)C1. The van der Waals surface area contributed by atoms with Crippen LogP contribution < -0.4 is 9.46 Å². The number of rotatable bonds is 5.